The van der Waals surface area contributed by atoms with Crippen molar-refractivity contribution in [3.63, 3.8) is 0 Å². The lowest BCUT2D eigenvalue weighted by Gasteiger charge is -2.17. The van der Waals surface area contributed by atoms with E-state index in [2.05, 4.69) is 0 Å². The van der Waals surface area contributed by atoms with Crippen molar-refractivity contribution in [1.29, 1.82) is 0 Å². The predicted molar refractivity (Wildman–Crippen MR) is 43.8 cm³/mol. The molecule has 1 aliphatic heterocycles. The van der Waals surface area contributed by atoms with Crippen molar-refractivity contribution in [2.45, 2.75) is 24.7 Å². The quantitative estimate of drug-likeness (QED) is 0.655. The maximum Gasteiger partial charge on any atom is 0.380 e. The van der Waals surface area contributed by atoms with Gasteiger partial charge in [-0.3, -0.25) is 4.79 Å². The number of hydrogen-bond acceptors (Lipinski definition) is 2. The third-order valence-corrected chi connectivity index (χ3v) is 2.80. The van der Waals surface area contributed by atoms with Crippen LogP contribution in [-0.2, 0) is 4.79 Å². The highest BCUT2D eigenvalue weighted by Crippen LogP contribution is 2.50. The fourth-order valence-corrected chi connectivity index (χ4v) is 1.90. The van der Waals surface area contributed by atoms with Crippen LogP contribution in [0.2, 0.25) is 0 Å². The van der Waals surface area contributed by atoms with Gasteiger partial charge in [0.25, 0.3) is 5.78 Å². The number of allylic oxidation sites excluding steroid dienone is 2. The Morgan fingerprint density at radius 3 is 1.88 bits per heavy atom. The second-order valence-electron chi connectivity index (χ2n) is 3.83. The third kappa shape index (κ3) is 1.20. The van der Waals surface area contributed by atoms with Gasteiger partial charge in [0.1, 0.15) is 5.70 Å². The number of rotatable bonds is 1. The van der Waals surface area contributed by atoms with E-state index in [0.717, 1.165) is 4.90 Å². The molecule has 0 saturated carbocycles. The second kappa shape index (κ2) is 3.18. The molecular weight excluding hydrogens is 233 g/mol. The Kier molecular flexibility index (Phi) is 2.25. The van der Waals surface area contributed by atoms with Gasteiger partial charge in [-0.25, -0.2) is 4.39 Å². The molecule has 1 aliphatic carbocycles. The average molecular weight is 241 g/mol. The van der Waals surface area contributed by atoms with E-state index in [0.29, 0.717) is 12.8 Å². The standard InChI is InChI=1S/C9H8F5NO/c10-6-5(15-3-1-2-4-15)7(16)9(13,14)8(6,11)12/h1-4H2. The Balaban J connectivity index is 2.44. The zero-order valence-corrected chi connectivity index (χ0v) is 8.07. The lowest BCUT2D eigenvalue weighted by molar-refractivity contribution is -0.187. The van der Waals surface area contributed by atoms with Gasteiger partial charge in [0, 0.05) is 13.1 Å². The van der Waals surface area contributed by atoms with Crippen molar-refractivity contribution < 1.29 is 26.7 Å². The Hall–Kier alpha value is -1.14. The first-order valence-corrected chi connectivity index (χ1v) is 4.76. The number of nitrogens with zero attached hydrogens (tertiary/aromatic N) is 1. The predicted octanol–water partition coefficient (Wildman–Crippen LogP) is 2.12. The monoisotopic (exact) mass is 241 g/mol. The maximum absolute atomic E-state index is 13.2. The zero-order valence-electron chi connectivity index (χ0n) is 8.07. The van der Waals surface area contributed by atoms with Crippen molar-refractivity contribution in [2.75, 3.05) is 13.1 Å². The number of Topliss-reactive ketones (excluding diaryl/α,β-unsaturated/α-hetero) is 1. The largest absolute Gasteiger partial charge is 0.380 e. The van der Waals surface area contributed by atoms with Crippen molar-refractivity contribution in [1.82, 2.24) is 4.90 Å². The molecular formula is C9H8F5NO. The molecule has 1 heterocycles. The van der Waals surface area contributed by atoms with Crippen molar-refractivity contribution in [2.24, 2.45) is 0 Å². The van der Waals surface area contributed by atoms with Crippen LogP contribution < -0.4 is 0 Å². The van der Waals surface area contributed by atoms with Crippen LogP contribution in [-0.4, -0.2) is 35.6 Å². The molecule has 0 bridgehead atoms. The number of alkyl halides is 4. The van der Waals surface area contributed by atoms with Gasteiger partial charge in [0.05, 0.1) is 0 Å². The van der Waals surface area contributed by atoms with Gasteiger partial charge in [-0.05, 0) is 12.8 Å². The fourth-order valence-electron chi connectivity index (χ4n) is 1.90. The van der Waals surface area contributed by atoms with E-state index < -0.39 is 29.2 Å². The Labute approximate surface area is 87.7 Å². The highest BCUT2D eigenvalue weighted by Gasteiger charge is 2.72. The summed E-state index contributed by atoms with van der Waals surface area (Å²) in [6.45, 7) is 0.307. The molecule has 2 nitrogen and oxygen atoms in total. The minimum Gasteiger partial charge on any atom is -0.366 e. The summed E-state index contributed by atoms with van der Waals surface area (Å²) in [6, 6.07) is 0. The van der Waals surface area contributed by atoms with Crippen LogP contribution in [0.1, 0.15) is 12.8 Å². The van der Waals surface area contributed by atoms with Gasteiger partial charge in [-0.15, -0.1) is 0 Å². The van der Waals surface area contributed by atoms with E-state index in [4.69, 9.17) is 0 Å². The smallest absolute Gasteiger partial charge is 0.366 e. The SMILES string of the molecule is O=C1C(N2CCCC2)=C(F)C(F)(F)C1(F)F. The Morgan fingerprint density at radius 2 is 1.50 bits per heavy atom. The highest BCUT2D eigenvalue weighted by molar-refractivity contribution is 6.05. The second-order valence-corrected chi connectivity index (χ2v) is 3.83. The molecule has 2 aliphatic rings. The van der Waals surface area contributed by atoms with Crippen molar-refractivity contribution in [3.8, 4) is 0 Å². The minimum absolute atomic E-state index is 0.153. The van der Waals surface area contributed by atoms with Gasteiger partial charge in [-0.2, -0.15) is 17.6 Å². The zero-order chi connectivity index (χ0) is 12.1. The topological polar surface area (TPSA) is 20.3 Å². The van der Waals surface area contributed by atoms with E-state index in [1.54, 1.807) is 0 Å². The molecule has 0 atom stereocenters. The molecule has 1 fully saturated rings. The molecule has 1 saturated heterocycles. The summed E-state index contributed by atoms with van der Waals surface area (Å²) in [7, 11) is 0. The number of ketones is 1. The van der Waals surface area contributed by atoms with Gasteiger partial charge in [0.15, 0.2) is 0 Å². The molecule has 0 unspecified atom stereocenters. The summed E-state index contributed by atoms with van der Waals surface area (Å²) < 4.78 is 64.6. The van der Waals surface area contributed by atoms with Crippen LogP contribution in [0.25, 0.3) is 0 Å². The number of hydrogen-bond donors (Lipinski definition) is 0. The summed E-state index contributed by atoms with van der Waals surface area (Å²) >= 11 is 0. The van der Waals surface area contributed by atoms with E-state index in [1.165, 1.54) is 0 Å². The maximum atomic E-state index is 13.2. The first kappa shape index (κ1) is 11.3. The Bertz CT molecular complexity index is 370. The van der Waals surface area contributed by atoms with Crippen molar-refractivity contribution in [3.05, 3.63) is 11.5 Å². The van der Waals surface area contributed by atoms with E-state index >= 15 is 0 Å². The first-order valence-electron chi connectivity index (χ1n) is 4.76. The molecule has 0 aromatic heterocycles. The third-order valence-electron chi connectivity index (χ3n) is 2.80. The van der Waals surface area contributed by atoms with Gasteiger partial charge < -0.3 is 4.90 Å². The molecule has 0 aromatic rings. The van der Waals surface area contributed by atoms with E-state index in [1.807, 2.05) is 0 Å². The normalized spacial score (nSPS) is 28.1. The summed E-state index contributed by atoms with van der Waals surface area (Å²) in [5.41, 5.74) is -1.15. The van der Waals surface area contributed by atoms with Crippen molar-refractivity contribution >= 4 is 5.78 Å². The number of carbonyl (C=O) groups excluding carboxylic acids is 1. The summed E-state index contributed by atoms with van der Waals surface area (Å²) in [4.78, 5) is 12.0. The van der Waals surface area contributed by atoms with Crippen LogP contribution >= 0.6 is 0 Å². The summed E-state index contributed by atoms with van der Waals surface area (Å²) in [5, 5.41) is 0. The highest BCUT2D eigenvalue weighted by atomic mass is 19.3. The molecule has 16 heavy (non-hydrogen) atoms. The molecule has 90 valence electrons. The van der Waals surface area contributed by atoms with Gasteiger partial charge in [-0.1, -0.05) is 0 Å². The van der Waals surface area contributed by atoms with Crippen LogP contribution in [0, 0.1) is 0 Å². The van der Waals surface area contributed by atoms with E-state index in [9.17, 15) is 26.7 Å². The summed E-state index contributed by atoms with van der Waals surface area (Å²) in [5.74, 6) is -14.4. The molecule has 0 aromatic carbocycles. The first-order chi connectivity index (χ1) is 7.30. The lowest BCUT2D eigenvalue weighted by atomic mass is 10.2. The van der Waals surface area contributed by atoms with Crippen LogP contribution in [0.5, 0.6) is 0 Å². The fraction of sp³-hybridized carbons (Fsp3) is 0.667. The van der Waals surface area contributed by atoms with E-state index in [-0.39, 0.29) is 13.1 Å². The Morgan fingerprint density at radius 1 is 1.00 bits per heavy atom. The number of carbonyl (C=O) groups is 1. The number of likely N-dealkylation sites (tertiary alicyclic amines) is 1. The van der Waals surface area contributed by atoms with Crippen LogP contribution in [0.3, 0.4) is 0 Å². The molecule has 0 radical (unpaired) electrons. The molecule has 0 N–H and O–H groups in total. The molecule has 0 spiro atoms. The summed E-state index contributed by atoms with van der Waals surface area (Å²) in [6.07, 6.45) is 1.14. The molecule has 0 amide bonds. The minimum atomic E-state index is -5.01. The van der Waals surface area contributed by atoms with Gasteiger partial charge >= 0.3 is 11.8 Å². The average Bonchev–Trinajstić information content (AvgIpc) is 2.73. The molecule has 2 rings (SSSR count). The lowest BCUT2D eigenvalue weighted by Crippen LogP contribution is -2.42. The number of halogens is 5. The van der Waals surface area contributed by atoms with Gasteiger partial charge in [0.2, 0.25) is 5.83 Å². The molecule has 7 heteroatoms. The van der Waals surface area contributed by atoms with Crippen LogP contribution in [0.4, 0.5) is 22.0 Å². The van der Waals surface area contributed by atoms with Crippen LogP contribution in [0.15, 0.2) is 11.5 Å².